The van der Waals surface area contributed by atoms with Gasteiger partial charge in [0.2, 0.25) is 5.91 Å². The molecule has 0 bridgehead atoms. The fourth-order valence-corrected chi connectivity index (χ4v) is 2.32. The fourth-order valence-electron chi connectivity index (χ4n) is 2.32. The number of benzene rings is 2. The van der Waals surface area contributed by atoms with Crippen molar-refractivity contribution in [3.8, 4) is 5.75 Å². The van der Waals surface area contributed by atoms with E-state index < -0.39 is 0 Å². The minimum absolute atomic E-state index is 0.0566. The van der Waals surface area contributed by atoms with Gasteiger partial charge in [-0.1, -0.05) is 24.3 Å². The summed E-state index contributed by atoms with van der Waals surface area (Å²) in [7, 11) is 1.76. The molecule has 1 N–H and O–H groups in total. The summed E-state index contributed by atoms with van der Waals surface area (Å²) < 4.78 is 5.68. The quantitative estimate of drug-likeness (QED) is 0.843. The summed E-state index contributed by atoms with van der Waals surface area (Å²) in [5.74, 6) is 0.676. The Hall–Kier alpha value is -2.82. The van der Waals surface area contributed by atoms with E-state index in [2.05, 4.69) is 5.32 Å². The van der Waals surface area contributed by atoms with Gasteiger partial charge < -0.3 is 15.0 Å². The summed E-state index contributed by atoms with van der Waals surface area (Å²) in [6.45, 7) is 4.89. The third kappa shape index (κ3) is 5.95. The molecule has 2 amide bonds. The number of nitrogens with one attached hydrogen (secondary N) is 1. The second-order valence-electron chi connectivity index (χ2n) is 6.00. The number of carbonyl (C=O) groups is 2. The van der Waals surface area contributed by atoms with Crippen LogP contribution in [0.15, 0.2) is 48.5 Å². The highest BCUT2D eigenvalue weighted by Gasteiger charge is 2.11. The van der Waals surface area contributed by atoms with Gasteiger partial charge in [-0.15, -0.1) is 0 Å². The zero-order chi connectivity index (χ0) is 18.2. The lowest BCUT2D eigenvalue weighted by Gasteiger charge is -2.18. The van der Waals surface area contributed by atoms with Crippen LogP contribution < -0.4 is 10.1 Å². The maximum absolute atomic E-state index is 12.4. The molecule has 0 saturated heterocycles. The largest absolute Gasteiger partial charge is 0.492 e. The second-order valence-corrected chi connectivity index (χ2v) is 6.00. The Labute approximate surface area is 148 Å². The molecule has 2 rings (SSSR count). The number of likely N-dealkylation sites (N-methyl/N-ethyl adjacent to an activating group) is 1. The molecule has 0 aliphatic carbocycles. The molecular weight excluding hydrogens is 316 g/mol. The highest BCUT2D eigenvalue weighted by molar-refractivity contribution is 5.94. The molecule has 0 unspecified atom stereocenters. The van der Waals surface area contributed by atoms with Crippen LogP contribution in [0, 0.1) is 6.92 Å². The number of aryl methyl sites for hydroxylation is 1. The molecule has 5 heteroatoms. The third-order valence-corrected chi connectivity index (χ3v) is 3.77. The number of rotatable bonds is 7. The normalized spacial score (nSPS) is 10.2. The molecule has 0 fully saturated rings. The maximum atomic E-state index is 12.4. The molecule has 0 aromatic heterocycles. The summed E-state index contributed by atoms with van der Waals surface area (Å²) in [5.41, 5.74) is 2.71. The number of hydrogen-bond donors (Lipinski definition) is 1. The van der Waals surface area contributed by atoms with E-state index in [0.29, 0.717) is 25.3 Å². The standard InChI is InChI=1S/C20H24N2O3/c1-15-5-4-6-19(13-15)25-12-11-22(3)20(24)18-9-7-17(8-10-18)14-21-16(2)23/h4-10,13H,11-12,14H2,1-3H3,(H,21,23). The number of hydrogen-bond acceptors (Lipinski definition) is 3. The summed E-state index contributed by atoms with van der Waals surface area (Å²) in [4.78, 5) is 25.0. The Morgan fingerprint density at radius 2 is 1.84 bits per heavy atom. The molecule has 2 aromatic rings. The van der Waals surface area contributed by atoms with E-state index in [1.807, 2.05) is 43.3 Å². The first kappa shape index (κ1) is 18.5. The van der Waals surface area contributed by atoms with Crippen molar-refractivity contribution in [3.63, 3.8) is 0 Å². The van der Waals surface area contributed by atoms with Crippen LogP contribution in [-0.4, -0.2) is 36.9 Å². The Morgan fingerprint density at radius 3 is 2.48 bits per heavy atom. The van der Waals surface area contributed by atoms with Crippen LogP contribution in [0.4, 0.5) is 0 Å². The van der Waals surface area contributed by atoms with Gasteiger partial charge in [-0.25, -0.2) is 0 Å². The molecule has 0 atom stereocenters. The average molecular weight is 340 g/mol. The van der Waals surface area contributed by atoms with E-state index in [0.717, 1.165) is 16.9 Å². The Balaban J connectivity index is 1.83. The minimum Gasteiger partial charge on any atom is -0.492 e. The maximum Gasteiger partial charge on any atom is 0.253 e. The molecule has 0 aliphatic heterocycles. The molecule has 0 spiro atoms. The fraction of sp³-hybridized carbons (Fsp3) is 0.300. The highest BCUT2D eigenvalue weighted by Crippen LogP contribution is 2.12. The van der Waals surface area contributed by atoms with E-state index in [1.54, 1.807) is 24.1 Å². The van der Waals surface area contributed by atoms with E-state index in [-0.39, 0.29) is 11.8 Å². The first-order valence-electron chi connectivity index (χ1n) is 8.24. The molecule has 2 aromatic carbocycles. The predicted octanol–water partition coefficient (Wildman–Crippen LogP) is 2.78. The van der Waals surface area contributed by atoms with Crippen molar-refractivity contribution >= 4 is 11.8 Å². The van der Waals surface area contributed by atoms with Crippen LogP contribution in [0.2, 0.25) is 0 Å². The summed E-state index contributed by atoms with van der Waals surface area (Å²) in [6, 6.07) is 15.1. The third-order valence-electron chi connectivity index (χ3n) is 3.77. The second kappa shape index (κ2) is 8.87. The van der Waals surface area contributed by atoms with Gasteiger partial charge in [-0.3, -0.25) is 9.59 Å². The van der Waals surface area contributed by atoms with Gasteiger partial charge >= 0.3 is 0 Å². The molecule has 5 nitrogen and oxygen atoms in total. The molecule has 0 radical (unpaired) electrons. The minimum atomic E-state index is -0.0755. The van der Waals surface area contributed by atoms with E-state index in [1.165, 1.54) is 6.92 Å². The van der Waals surface area contributed by atoms with Crippen LogP contribution >= 0.6 is 0 Å². The monoisotopic (exact) mass is 340 g/mol. The van der Waals surface area contributed by atoms with E-state index in [9.17, 15) is 9.59 Å². The zero-order valence-electron chi connectivity index (χ0n) is 14.9. The van der Waals surface area contributed by atoms with Crippen molar-refractivity contribution in [2.45, 2.75) is 20.4 Å². The summed E-state index contributed by atoms with van der Waals surface area (Å²) in [6.07, 6.45) is 0. The van der Waals surface area contributed by atoms with Gasteiger partial charge in [0.1, 0.15) is 12.4 Å². The van der Waals surface area contributed by atoms with Crippen molar-refractivity contribution in [2.75, 3.05) is 20.2 Å². The van der Waals surface area contributed by atoms with E-state index in [4.69, 9.17) is 4.74 Å². The van der Waals surface area contributed by atoms with Gasteiger partial charge in [0.05, 0.1) is 6.54 Å². The molecule has 0 heterocycles. The number of ether oxygens (including phenoxy) is 1. The first-order valence-corrected chi connectivity index (χ1v) is 8.24. The van der Waals surface area contributed by atoms with Gasteiger partial charge in [0.25, 0.3) is 5.91 Å². The van der Waals surface area contributed by atoms with Gasteiger partial charge in [0, 0.05) is 26.1 Å². The lowest BCUT2D eigenvalue weighted by molar-refractivity contribution is -0.119. The number of carbonyl (C=O) groups excluding carboxylic acids is 2. The number of nitrogens with zero attached hydrogens (tertiary/aromatic N) is 1. The van der Waals surface area contributed by atoms with Crippen LogP contribution in [0.5, 0.6) is 5.75 Å². The van der Waals surface area contributed by atoms with Crippen molar-refractivity contribution in [2.24, 2.45) is 0 Å². The van der Waals surface area contributed by atoms with Gasteiger partial charge in [-0.2, -0.15) is 0 Å². The predicted molar refractivity (Wildman–Crippen MR) is 97.6 cm³/mol. The lowest BCUT2D eigenvalue weighted by Crippen LogP contribution is -2.30. The molecular formula is C20H24N2O3. The lowest BCUT2D eigenvalue weighted by atomic mass is 10.1. The van der Waals surface area contributed by atoms with Crippen molar-refractivity contribution in [3.05, 3.63) is 65.2 Å². The molecule has 0 saturated carbocycles. The van der Waals surface area contributed by atoms with Crippen molar-refractivity contribution in [1.82, 2.24) is 10.2 Å². The zero-order valence-corrected chi connectivity index (χ0v) is 14.9. The molecule has 132 valence electrons. The van der Waals surface area contributed by atoms with Gasteiger partial charge in [-0.05, 0) is 42.3 Å². The smallest absolute Gasteiger partial charge is 0.253 e. The van der Waals surface area contributed by atoms with Gasteiger partial charge in [0.15, 0.2) is 0 Å². The topological polar surface area (TPSA) is 58.6 Å². The summed E-state index contributed by atoms with van der Waals surface area (Å²) >= 11 is 0. The van der Waals surface area contributed by atoms with Crippen LogP contribution in [0.25, 0.3) is 0 Å². The van der Waals surface area contributed by atoms with Crippen LogP contribution in [-0.2, 0) is 11.3 Å². The Bertz CT molecular complexity index is 726. The molecule has 0 aliphatic rings. The van der Waals surface area contributed by atoms with Crippen LogP contribution in [0.3, 0.4) is 0 Å². The van der Waals surface area contributed by atoms with E-state index >= 15 is 0 Å². The Morgan fingerprint density at radius 1 is 1.12 bits per heavy atom. The first-order chi connectivity index (χ1) is 12.0. The number of amides is 2. The summed E-state index contributed by atoms with van der Waals surface area (Å²) in [5, 5.41) is 2.73. The molecule has 25 heavy (non-hydrogen) atoms. The highest BCUT2D eigenvalue weighted by atomic mass is 16.5. The van der Waals surface area contributed by atoms with Crippen molar-refractivity contribution < 1.29 is 14.3 Å². The van der Waals surface area contributed by atoms with Crippen molar-refractivity contribution in [1.29, 1.82) is 0 Å². The SMILES string of the molecule is CC(=O)NCc1ccc(C(=O)N(C)CCOc2cccc(C)c2)cc1. The van der Waals surface area contributed by atoms with Crippen LogP contribution in [0.1, 0.15) is 28.4 Å². The average Bonchev–Trinajstić information content (AvgIpc) is 2.59. The Kier molecular flexibility index (Phi) is 6.57.